The number of methoxy groups -OCH3 is 1. The minimum atomic E-state index is -0.356. The van der Waals surface area contributed by atoms with E-state index in [4.69, 9.17) is 9.47 Å². The highest BCUT2D eigenvalue weighted by Gasteiger charge is 2.27. The molecule has 2 N–H and O–H groups in total. The van der Waals surface area contributed by atoms with Gasteiger partial charge in [-0.3, -0.25) is 4.79 Å². The first kappa shape index (κ1) is 27.0. The summed E-state index contributed by atoms with van der Waals surface area (Å²) in [6.45, 7) is 6.05. The molecular weight excluding hydrogens is 503 g/mol. The SMILES string of the molecule is COC1CCC(Oc2cc(F)ccc2Nc2ncnc3sc(C(=O)C(C)CC4CCCNC4)c(C)c23)CC1. The molecule has 1 aliphatic heterocycles. The number of hydrogen-bond donors (Lipinski definition) is 2. The van der Waals surface area contributed by atoms with E-state index in [9.17, 15) is 9.18 Å². The molecular formula is C29H37FN4O3S. The molecule has 5 rings (SSSR count). The van der Waals surface area contributed by atoms with Crippen molar-refractivity contribution in [2.24, 2.45) is 11.8 Å². The van der Waals surface area contributed by atoms with Crippen LogP contribution in [-0.4, -0.2) is 48.2 Å². The minimum Gasteiger partial charge on any atom is -0.488 e. The number of carbonyl (C=O) groups excluding carboxylic acids is 1. The van der Waals surface area contributed by atoms with Gasteiger partial charge in [0.15, 0.2) is 5.78 Å². The van der Waals surface area contributed by atoms with Crippen LogP contribution in [0.15, 0.2) is 24.5 Å². The highest BCUT2D eigenvalue weighted by molar-refractivity contribution is 7.20. The Labute approximate surface area is 227 Å². The molecule has 2 aromatic heterocycles. The van der Waals surface area contributed by atoms with E-state index in [0.717, 1.165) is 65.9 Å². The van der Waals surface area contributed by atoms with Crippen molar-refractivity contribution in [3.8, 4) is 5.75 Å². The molecule has 0 spiro atoms. The van der Waals surface area contributed by atoms with Crippen LogP contribution in [0.25, 0.3) is 10.2 Å². The van der Waals surface area contributed by atoms with Gasteiger partial charge in [0, 0.05) is 19.1 Å². The number of nitrogens with one attached hydrogen (secondary N) is 2. The summed E-state index contributed by atoms with van der Waals surface area (Å²) in [4.78, 5) is 24.0. The largest absolute Gasteiger partial charge is 0.488 e. The molecule has 3 aromatic rings. The summed E-state index contributed by atoms with van der Waals surface area (Å²) in [5, 5.41) is 7.63. The number of benzene rings is 1. The molecule has 2 aliphatic rings. The number of rotatable bonds is 9. The molecule has 1 aromatic carbocycles. The number of Topliss-reactive ketones (excluding diaryl/α,β-unsaturated/α-hetero) is 1. The second-order valence-electron chi connectivity index (χ2n) is 10.7. The molecule has 0 radical (unpaired) electrons. The van der Waals surface area contributed by atoms with Crippen molar-refractivity contribution in [1.29, 1.82) is 0 Å². The molecule has 1 saturated carbocycles. The van der Waals surface area contributed by atoms with Crippen molar-refractivity contribution < 1.29 is 18.7 Å². The van der Waals surface area contributed by atoms with Gasteiger partial charge in [-0.15, -0.1) is 11.3 Å². The van der Waals surface area contributed by atoms with Gasteiger partial charge in [0.25, 0.3) is 0 Å². The highest BCUT2D eigenvalue weighted by atomic mass is 32.1. The number of carbonyl (C=O) groups is 1. The monoisotopic (exact) mass is 540 g/mol. The van der Waals surface area contributed by atoms with Crippen molar-refractivity contribution >= 4 is 38.8 Å². The Morgan fingerprint density at radius 1 is 1.21 bits per heavy atom. The maximum Gasteiger partial charge on any atom is 0.175 e. The van der Waals surface area contributed by atoms with E-state index in [1.807, 2.05) is 13.8 Å². The third-order valence-corrected chi connectivity index (χ3v) is 9.14. The van der Waals surface area contributed by atoms with Gasteiger partial charge in [-0.05, 0) is 88.6 Å². The standard InChI is InChI=1S/C29H37FN4O3S/c1-17(13-19-5-4-12-31-15-19)26(35)27-18(2)25-28(32-16-33-29(25)38-27)34-23-11-6-20(30)14-24(23)37-22-9-7-21(36-3)8-10-22/h6,11,14,16-17,19,21-22,31H,4-5,7-10,12-13,15H2,1-3H3,(H,32,33,34). The minimum absolute atomic E-state index is 0.00197. The van der Waals surface area contributed by atoms with Crippen molar-refractivity contribution in [2.75, 3.05) is 25.5 Å². The smallest absolute Gasteiger partial charge is 0.175 e. The second-order valence-corrected chi connectivity index (χ2v) is 11.7. The summed E-state index contributed by atoms with van der Waals surface area (Å²) < 4.78 is 25.9. The predicted molar refractivity (Wildman–Crippen MR) is 149 cm³/mol. The van der Waals surface area contributed by atoms with Crippen LogP contribution in [0.1, 0.15) is 67.1 Å². The maximum absolute atomic E-state index is 14.2. The summed E-state index contributed by atoms with van der Waals surface area (Å²) in [6, 6.07) is 4.50. The molecule has 3 heterocycles. The molecule has 38 heavy (non-hydrogen) atoms. The maximum atomic E-state index is 14.2. The number of ether oxygens (including phenoxy) is 2. The van der Waals surface area contributed by atoms with E-state index in [0.29, 0.717) is 23.2 Å². The van der Waals surface area contributed by atoms with Gasteiger partial charge in [-0.2, -0.15) is 0 Å². The molecule has 1 aliphatic carbocycles. The second kappa shape index (κ2) is 12.1. The zero-order valence-electron chi connectivity index (χ0n) is 22.4. The van der Waals surface area contributed by atoms with Gasteiger partial charge in [0.05, 0.1) is 28.2 Å². The summed E-state index contributed by atoms with van der Waals surface area (Å²) >= 11 is 1.43. The number of aryl methyl sites for hydroxylation is 1. The van der Waals surface area contributed by atoms with E-state index in [-0.39, 0.29) is 29.7 Å². The number of ketones is 1. The molecule has 2 fully saturated rings. The Morgan fingerprint density at radius 2 is 2.00 bits per heavy atom. The third kappa shape index (κ3) is 6.00. The van der Waals surface area contributed by atoms with Gasteiger partial charge in [-0.1, -0.05) is 6.92 Å². The number of anilines is 2. The Hall–Kier alpha value is -2.62. The fourth-order valence-electron chi connectivity index (χ4n) is 5.75. The summed E-state index contributed by atoms with van der Waals surface area (Å²) in [5.41, 5.74) is 1.52. The molecule has 9 heteroatoms. The molecule has 7 nitrogen and oxygen atoms in total. The number of aromatic nitrogens is 2. The first-order chi connectivity index (χ1) is 18.4. The van der Waals surface area contributed by atoms with Crippen LogP contribution >= 0.6 is 11.3 Å². The quantitative estimate of drug-likeness (QED) is 0.303. The van der Waals surface area contributed by atoms with Crippen molar-refractivity contribution in [1.82, 2.24) is 15.3 Å². The van der Waals surface area contributed by atoms with Gasteiger partial charge in [-0.25, -0.2) is 14.4 Å². The van der Waals surface area contributed by atoms with E-state index in [2.05, 4.69) is 20.6 Å². The van der Waals surface area contributed by atoms with Gasteiger partial charge in [0.1, 0.15) is 28.5 Å². The Balaban J connectivity index is 1.37. The Bertz CT molecular complexity index is 1270. The van der Waals surface area contributed by atoms with Crippen LogP contribution in [0.4, 0.5) is 15.9 Å². The Kier molecular flexibility index (Phi) is 8.55. The summed E-state index contributed by atoms with van der Waals surface area (Å²) in [6.07, 6.45) is 8.55. The van der Waals surface area contributed by atoms with Crippen LogP contribution in [0.2, 0.25) is 0 Å². The van der Waals surface area contributed by atoms with Gasteiger partial charge >= 0.3 is 0 Å². The molecule has 2 atom stereocenters. The van der Waals surface area contributed by atoms with Gasteiger partial charge < -0.3 is 20.1 Å². The van der Waals surface area contributed by atoms with Crippen LogP contribution in [0.5, 0.6) is 5.75 Å². The molecule has 0 bridgehead atoms. The van der Waals surface area contributed by atoms with E-state index >= 15 is 0 Å². The van der Waals surface area contributed by atoms with Crippen LogP contribution < -0.4 is 15.4 Å². The molecule has 1 saturated heterocycles. The number of piperidine rings is 1. The van der Waals surface area contributed by atoms with Crippen LogP contribution in [-0.2, 0) is 4.74 Å². The lowest BCUT2D eigenvalue weighted by atomic mass is 9.87. The number of thiophene rings is 1. The molecule has 204 valence electrons. The van der Waals surface area contributed by atoms with E-state index in [1.165, 1.54) is 42.6 Å². The summed E-state index contributed by atoms with van der Waals surface area (Å²) in [5.74, 6) is 1.34. The van der Waals surface area contributed by atoms with E-state index in [1.54, 1.807) is 13.2 Å². The van der Waals surface area contributed by atoms with Crippen LogP contribution in [0.3, 0.4) is 0 Å². The predicted octanol–water partition coefficient (Wildman–Crippen LogP) is 6.43. The fourth-order valence-corrected chi connectivity index (χ4v) is 6.95. The lowest BCUT2D eigenvalue weighted by Gasteiger charge is -2.28. The average molecular weight is 541 g/mol. The molecule has 2 unspecified atom stereocenters. The van der Waals surface area contributed by atoms with Gasteiger partial charge in [0.2, 0.25) is 0 Å². The van der Waals surface area contributed by atoms with Crippen molar-refractivity contribution in [3.63, 3.8) is 0 Å². The fraction of sp³-hybridized carbons (Fsp3) is 0.552. The Morgan fingerprint density at radius 3 is 2.74 bits per heavy atom. The number of hydrogen-bond acceptors (Lipinski definition) is 8. The summed E-state index contributed by atoms with van der Waals surface area (Å²) in [7, 11) is 1.74. The number of fused-ring (bicyclic) bond motifs is 1. The zero-order valence-corrected chi connectivity index (χ0v) is 23.2. The zero-order chi connectivity index (χ0) is 26.6. The highest BCUT2D eigenvalue weighted by Crippen LogP contribution is 2.39. The topological polar surface area (TPSA) is 85.4 Å². The number of nitrogens with zero attached hydrogens (tertiary/aromatic N) is 2. The lowest BCUT2D eigenvalue weighted by Crippen LogP contribution is -2.31. The lowest BCUT2D eigenvalue weighted by molar-refractivity contribution is 0.0329. The van der Waals surface area contributed by atoms with E-state index < -0.39 is 0 Å². The van der Waals surface area contributed by atoms with Crippen molar-refractivity contribution in [2.45, 2.75) is 71.0 Å². The number of halogens is 1. The third-order valence-electron chi connectivity index (χ3n) is 7.93. The molecule has 0 amide bonds. The first-order valence-corrected chi connectivity index (χ1v) is 14.5. The van der Waals surface area contributed by atoms with Crippen molar-refractivity contribution in [3.05, 3.63) is 40.8 Å². The average Bonchev–Trinajstić information content (AvgIpc) is 3.27. The normalized spacial score (nSPS) is 22.8. The van der Waals surface area contributed by atoms with Crippen LogP contribution in [0, 0.1) is 24.6 Å². The first-order valence-electron chi connectivity index (χ1n) is 13.7.